The second-order valence-corrected chi connectivity index (χ2v) is 4.07. The first-order chi connectivity index (χ1) is 7.66. The second-order valence-electron chi connectivity index (χ2n) is 4.07. The molecule has 4 nitrogen and oxygen atoms in total. The zero-order chi connectivity index (χ0) is 11.5. The highest BCUT2D eigenvalue weighted by Crippen LogP contribution is 2.28. The fraction of sp³-hybridized carbons (Fsp3) is 0.417. The van der Waals surface area contributed by atoms with Crippen molar-refractivity contribution < 1.29 is 20.4 Å². The molecule has 4 heteroatoms. The molecule has 0 saturated carbocycles. The summed E-state index contributed by atoms with van der Waals surface area (Å²) < 4.78 is 5.41. The number of quaternary nitrogens is 1. The number of ether oxygens (including phenoxy) is 1. The largest absolute Gasteiger partial charge is 0.550 e. The average molecular weight is 221 g/mol. The molecule has 0 aromatic heterocycles. The van der Waals surface area contributed by atoms with Gasteiger partial charge < -0.3 is 20.4 Å². The summed E-state index contributed by atoms with van der Waals surface area (Å²) in [4.78, 5) is 10.4. The van der Waals surface area contributed by atoms with Crippen molar-refractivity contribution in [3.8, 4) is 5.75 Å². The van der Waals surface area contributed by atoms with E-state index in [2.05, 4.69) is 11.8 Å². The molecule has 1 atom stereocenters. The number of benzene rings is 1. The zero-order valence-electron chi connectivity index (χ0n) is 9.07. The van der Waals surface area contributed by atoms with Crippen LogP contribution in [0.5, 0.6) is 5.75 Å². The number of carboxylic acids is 1. The van der Waals surface area contributed by atoms with E-state index in [0.29, 0.717) is 6.42 Å². The Labute approximate surface area is 94.0 Å². The van der Waals surface area contributed by atoms with Crippen molar-refractivity contribution in [3.63, 3.8) is 0 Å². The van der Waals surface area contributed by atoms with E-state index < -0.39 is 5.97 Å². The quantitative estimate of drug-likeness (QED) is 0.740. The molecule has 1 heterocycles. The molecule has 0 fully saturated rings. The Hall–Kier alpha value is -1.55. The van der Waals surface area contributed by atoms with Crippen molar-refractivity contribution in [2.24, 2.45) is 0 Å². The summed E-state index contributed by atoms with van der Waals surface area (Å²) in [7, 11) is 0. The highest BCUT2D eigenvalue weighted by molar-refractivity contribution is 5.64. The molecule has 0 bridgehead atoms. The van der Waals surface area contributed by atoms with Crippen molar-refractivity contribution in [2.75, 3.05) is 6.61 Å². The molecule has 1 aromatic rings. The van der Waals surface area contributed by atoms with E-state index in [9.17, 15) is 9.90 Å². The fourth-order valence-corrected chi connectivity index (χ4v) is 1.92. The zero-order valence-corrected chi connectivity index (χ0v) is 9.07. The Bertz CT molecular complexity index is 403. The molecule has 0 saturated heterocycles. The predicted molar refractivity (Wildman–Crippen MR) is 55.5 cm³/mol. The van der Waals surface area contributed by atoms with Gasteiger partial charge in [-0.25, -0.2) is 0 Å². The van der Waals surface area contributed by atoms with Gasteiger partial charge in [0.25, 0.3) is 0 Å². The number of rotatable bonds is 4. The molecule has 86 valence electrons. The minimum Gasteiger partial charge on any atom is -0.550 e. The number of carbonyl (C=O) groups is 1. The Morgan fingerprint density at radius 3 is 3.12 bits per heavy atom. The molecule has 1 aliphatic heterocycles. The van der Waals surface area contributed by atoms with Crippen LogP contribution in [0.2, 0.25) is 0 Å². The topological polar surface area (TPSA) is 77.0 Å². The summed E-state index contributed by atoms with van der Waals surface area (Å²) in [5, 5.41) is 10.4. The SMILES string of the molecule is [NH3+][C@H](CCC(=O)[O-])c1ccc2c(c1)CCO2. The number of fused-ring (bicyclic) bond motifs is 1. The van der Waals surface area contributed by atoms with E-state index >= 15 is 0 Å². The van der Waals surface area contributed by atoms with Gasteiger partial charge in [-0.3, -0.25) is 0 Å². The molecule has 0 aliphatic carbocycles. The lowest BCUT2D eigenvalue weighted by Gasteiger charge is -2.10. The highest BCUT2D eigenvalue weighted by Gasteiger charge is 2.16. The van der Waals surface area contributed by atoms with E-state index in [1.165, 1.54) is 5.56 Å². The van der Waals surface area contributed by atoms with Crippen molar-refractivity contribution in [1.82, 2.24) is 0 Å². The maximum absolute atomic E-state index is 10.4. The van der Waals surface area contributed by atoms with Crippen LogP contribution < -0.4 is 15.6 Å². The van der Waals surface area contributed by atoms with Gasteiger partial charge in [-0.05, 0) is 30.2 Å². The van der Waals surface area contributed by atoms with Gasteiger partial charge in [0.05, 0.1) is 6.61 Å². The standard InChI is InChI=1S/C12H15NO3/c13-10(2-4-12(14)15)8-1-3-11-9(7-8)5-6-16-11/h1,3,7,10H,2,4-6,13H2,(H,14,15)/t10-/m1/s1. The minimum absolute atomic E-state index is 0.00352. The lowest BCUT2D eigenvalue weighted by molar-refractivity contribution is -0.428. The number of hydrogen-bond acceptors (Lipinski definition) is 3. The summed E-state index contributed by atoms with van der Waals surface area (Å²) in [5.74, 6) is -0.0750. The smallest absolute Gasteiger partial charge is 0.122 e. The van der Waals surface area contributed by atoms with Crippen LogP contribution in [-0.2, 0) is 11.2 Å². The van der Waals surface area contributed by atoms with Gasteiger partial charge in [0.15, 0.2) is 0 Å². The van der Waals surface area contributed by atoms with Gasteiger partial charge in [-0.15, -0.1) is 0 Å². The summed E-state index contributed by atoms with van der Waals surface area (Å²) in [6.45, 7) is 0.736. The van der Waals surface area contributed by atoms with Crippen molar-refractivity contribution in [2.45, 2.75) is 25.3 Å². The molecular weight excluding hydrogens is 206 g/mol. The molecule has 0 spiro atoms. The van der Waals surface area contributed by atoms with Gasteiger partial charge in [-0.1, -0.05) is 0 Å². The van der Waals surface area contributed by atoms with Crippen molar-refractivity contribution in [3.05, 3.63) is 29.3 Å². The van der Waals surface area contributed by atoms with Crippen LogP contribution in [0.1, 0.15) is 30.0 Å². The van der Waals surface area contributed by atoms with Crippen LogP contribution in [0.4, 0.5) is 0 Å². The maximum Gasteiger partial charge on any atom is 0.122 e. The molecular formula is C12H15NO3. The van der Waals surface area contributed by atoms with Crippen molar-refractivity contribution >= 4 is 5.97 Å². The first-order valence-corrected chi connectivity index (χ1v) is 5.45. The van der Waals surface area contributed by atoms with E-state index in [0.717, 1.165) is 24.3 Å². The van der Waals surface area contributed by atoms with Crippen LogP contribution in [0, 0.1) is 0 Å². The minimum atomic E-state index is -1.02. The van der Waals surface area contributed by atoms with Crippen molar-refractivity contribution in [1.29, 1.82) is 0 Å². The number of aliphatic carboxylic acids is 1. The third kappa shape index (κ3) is 2.33. The van der Waals surface area contributed by atoms with Crippen LogP contribution in [-0.4, -0.2) is 12.6 Å². The summed E-state index contributed by atoms with van der Waals surface area (Å²) in [5.41, 5.74) is 6.24. The van der Waals surface area contributed by atoms with Gasteiger partial charge in [-0.2, -0.15) is 0 Å². The summed E-state index contributed by atoms with van der Waals surface area (Å²) in [6.07, 6.45) is 1.50. The average Bonchev–Trinajstić information content (AvgIpc) is 2.72. The first-order valence-electron chi connectivity index (χ1n) is 5.45. The Balaban J connectivity index is 2.06. The highest BCUT2D eigenvalue weighted by atomic mass is 16.5. The molecule has 16 heavy (non-hydrogen) atoms. The number of hydrogen-bond donors (Lipinski definition) is 1. The molecule has 1 aromatic carbocycles. The fourth-order valence-electron chi connectivity index (χ4n) is 1.92. The maximum atomic E-state index is 10.4. The molecule has 0 amide bonds. The predicted octanol–water partition coefficient (Wildman–Crippen LogP) is -0.565. The van der Waals surface area contributed by atoms with Gasteiger partial charge >= 0.3 is 0 Å². The number of carbonyl (C=O) groups excluding carboxylic acids is 1. The lowest BCUT2D eigenvalue weighted by Crippen LogP contribution is -2.53. The monoisotopic (exact) mass is 221 g/mol. The van der Waals surface area contributed by atoms with Gasteiger partial charge in [0, 0.05) is 24.4 Å². The molecule has 0 radical (unpaired) electrons. The Kier molecular flexibility index (Phi) is 3.10. The summed E-state index contributed by atoms with van der Waals surface area (Å²) >= 11 is 0. The molecule has 0 unspecified atom stereocenters. The van der Waals surface area contributed by atoms with E-state index in [-0.39, 0.29) is 12.5 Å². The van der Waals surface area contributed by atoms with Crippen LogP contribution in [0.15, 0.2) is 18.2 Å². The summed E-state index contributed by atoms with van der Waals surface area (Å²) in [6, 6.07) is 5.96. The normalized spacial score (nSPS) is 15.3. The lowest BCUT2D eigenvalue weighted by atomic mass is 10.00. The molecule has 1 aliphatic rings. The van der Waals surface area contributed by atoms with Gasteiger partial charge in [0.1, 0.15) is 11.8 Å². The third-order valence-electron chi connectivity index (χ3n) is 2.88. The second kappa shape index (κ2) is 4.53. The molecule has 3 N–H and O–H groups in total. The van der Waals surface area contributed by atoms with Gasteiger partial charge in [0.2, 0.25) is 0 Å². The Morgan fingerprint density at radius 1 is 1.56 bits per heavy atom. The van der Waals surface area contributed by atoms with Crippen LogP contribution in [0.3, 0.4) is 0 Å². The molecule has 2 rings (SSSR count). The number of carboxylic acid groups (broad SMARTS) is 1. The van der Waals surface area contributed by atoms with E-state index in [4.69, 9.17) is 4.74 Å². The Morgan fingerprint density at radius 2 is 2.38 bits per heavy atom. The van der Waals surface area contributed by atoms with E-state index in [1.54, 1.807) is 0 Å². The van der Waals surface area contributed by atoms with Crippen LogP contribution in [0.25, 0.3) is 0 Å². The van der Waals surface area contributed by atoms with Crippen LogP contribution >= 0.6 is 0 Å². The van der Waals surface area contributed by atoms with E-state index in [1.807, 2.05) is 12.1 Å². The first kappa shape index (κ1) is 11.0. The third-order valence-corrected chi connectivity index (χ3v) is 2.88.